The highest BCUT2D eigenvalue weighted by molar-refractivity contribution is 5.23. The van der Waals surface area contributed by atoms with Gasteiger partial charge in [0.15, 0.2) is 0 Å². The van der Waals surface area contributed by atoms with Gasteiger partial charge >= 0.3 is 0 Å². The lowest BCUT2D eigenvalue weighted by Gasteiger charge is -2.17. The molecule has 2 unspecified atom stereocenters. The smallest absolute Gasteiger partial charge is 0.128 e. The summed E-state index contributed by atoms with van der Waals surface area (Å²) in [6.07, 6.45) is 4.10. The molecule has 0 aliphatic carbocycles. The van der Waals surface area contributed by atoms with Gasteiger partial charge in [0, 0.05) is 30.9 Å². The van der Waals surface area contributed by atoms with Crippen molar-refractivity contribution in [2.45, 2.75) is 37.8 Å². The van der Waals surface area contributed by atoms with E-state index in [1.807, 2.05) is 0 Å². The molecule has 0 aromatic heterocycles. The summed E-state index contributed by atoms with van der Waals surface area (Å²) >= 11 is 0. The molecule has 104 valence electrons. The minimum absolute atomic E-state index is 0.0528. The minimum Gasteiger partial charge on any atom is -0.381 e. The normalized spacial score (nSPS) is 30.9. The largest absolute Gasteiger partial charge is 0.381 e. The van der Waals surface area contributed by atoms with Gasteiger partial charge in [0.2, 0.25) is 0 Å². The van der Waals surface area contributed by atoms with E-state index in [1.165, 1.54) is 18.2 Å². The second kappa shape index (κ2) is 5.55. The first-order valence-corrected chi connectivity index (χ1v) is 7.01. The van der Waals surface area contributed by atoms with Crippen LogP contribution in [0.3, 0.4) is 0 Å². The summed E-state index contributed by atoms with van der Waals surface area (Å²) in [5.74, 6) is -0.0665. The molecule has 2 aliphatic rings. The molecule has 0 spiro atoms. The zero-order valence-electron chi connectivity index (χ0n) is 10.9. The van der Waals surface area contributed by atoms with Crippen LogP contribution < -0.4 is 5.32 Å². The number of hydrogen-bond donors (Lipinski definition) is 1. The van der Waals surface area contributed by atoms with Gasteiger partial charge in [-0.2, -0.15) is 0 Å². The Labute approximate surface area is 112 Å². The number of hydrogen-bond acceptors (Lipinski definition) is 2. The number of halogens is 2. The topological polar surface area (TPSA) is 21.3 Å². The van der Waals surface area contributed by atoms with Crippen LogP contribution in [0.1, 0.15) is 37.3 Å². The molecule has 2 fully saturated rings. The van der Waals surface area contributed by atoms with Gasteiger partial charge in [0.05, 0.1) is 0 Å². The maximum atomic E-state index is 13.7. The van der Waals surface area contributed by atoms with E-state index in [2.05, 4.69) is 5.32 Å². The number of nitrogens with one attached hydrogen (secondary N) is 1. The first-order valence-electron chi connectivity index (χ1n) is 7.01. The van der Waals surface area contributed by atoms with Crippen molar-refractivity contribution < 1.29 is 13.5 Å². The minimum atomic E-state index is -0.370. The van der Waals surface area contributed by atoms with Gasteiger partial charge in [-0.15, -0.1) is 0 Å². The van der Waals surface area contributed by atoms with Crippen molar-refractivity contribution in [2.24, 2.45) is 5.92 Å². The monoisotopic (exact) mass is 267 g/mol. The molecule has 1 aromatic rings. The summed E-state index contributed by atoms with van der Waals surface area (Å²) in [7, 11) is 0. The molecule has 2 aliphatic heterocycles. The van der Waals surface area contributed by atoms with Crippen molar-refractivity contribution in [1.82, 2.24) is 5.32 Å². The Morgan fingerprint density at radius 2 is 2.11 bits per heavy atom. The van der Waals surface area contributed by atoms with E-state index >= 15 is 0 Å². The average molecular weight is 267 g/mol. The van der Waals surface area contributed by atoms with Crippen LogP contribution in [0.25, 0.3) is 0 Å². The Kier molecular flexibility index (Phi) is 3.80. The van der Waals surface area contributed by atoms with Gasteiger partial charge in [-0.3, -0.25) is 0 Å². The van der Waals surface area contributed by atoms with E-state index in [0.29, 0.717) is 17.5 Å². The van der Waals surface area contributed by atoms with Gasteiger partial charge in [-0.25, -0.2) is 8.78 Å². The zero-order chi connectivity index (χ0) is 13.2. The van der Waals surface area contributed by atoms with Crippen molar-refractivity contribution in [3.05, 3.63) is 35.4 Å². The Morgan fingerprint density at radius 1 is 1.21 bits per heavy atom. The quantitative estimate of drug-likeness (QED) is 0.908. The predicted molar refractivity (Wildman–Crippen MR) is 68.8 cm³/mol. The van der Waals surface area contributed by atoms with E-state index in [4.69, 9.17) is 4.74 Å². The molecule has 4 heteroatoms. The Balaban J connectivity index is 1.63. The van der Waals surface area contributed by atoms with E-state index in [1.54, 1.807) is 0 Å². The lowest BCUT2D eigenvalue weighted by Crippen LogP contribution is -2.27. The van der Waals surface area contributed by atoms with Gasteiger partial charge in [0.1, 0.15) is 11.6 Å². The molecule has 1 aromatic carbocycles. The molecule has 2 nitrogen and oxygen atoms in total. The SMILES string of the molecule is Fc1ccc(F)c([C@H]2CCC(CC3CCOC3)N2)c1. The Bertz CT molecular complexity index is 446. The van der Waals surface area contributed by atoms with Gasteiger partial charge in [-0.05, 0) is 49.8 Å². The molecule has 0 saturated carbocycles. The fraction of sp³-hybridized carbons (Fsp3) is 0.600. The Hall–Kier alpha value is -1.00. The van der Waals surface area contributed by atoms with Gasteiger partial charge in [-0.1, -0.05) is 0 Å². The van der Waals surface area contributed by atoms with Crippen LogP contribution in [0.4, 0.5) is 8.78 Å². The van der Waals surface area contributed by atoms with E-state index < -0.39 is 0 Å². The van der Waals surface area contributed by atoms with Crippen LogP contribution in [0.15, 0.2) is 18.2 Å². The first-order chi connectivity index (χ1) is 9.22. The molecule has 2 heterocycles. The summed E-state index contributed by atoms with van der Waals surface area (Å²) in [6.45, 7) is 1.70. The predicted octanol–water partition coefficient (Wildman–Crippen LogP) is 3.18. The Morgan fingerprint density at radius 3 is 2.89 bits per heavy atom. The third-order valence-electron chi connectivity index (χ3n) is 4.22. The summed E-state index contributed by atoms with van der Waals surface area (Å²) in [5.41, 5.74) is 0.463. The maximum Gasteiger partial charge on any atom is 0.128 e. The van der Waals surface area contributed by atoms with Crippen LogP contribution in [0.5, 0.6) is 0 Å². The summed E-state index contributed by atoms with van der Waals surface area (Å²) in [6, 6.07) is 4.04. The number of benzene rings is 1. The van der Waals surface area contributed by atoms with Gasteiger partial charge < -0.3 is 10.1 Å². The van der Waals surface area contributed by atoms with Crippen LogP contribution >= 0.6 is 0 Å². The summed E-state index contributed by atoms with van der Waals surface area (Å²) in [4.78, 5) is 0. The van der Waals surface area contributed by atoms with E-state index in [9.17, 15) is 8.78 Å². The highest BCUT2D eigenvalue weighted by Gasteiger charge is 2.29. The van der Waals surface area contributed by atoms with Crippen LogP contribution in [-0.4, -0.2) is 19.3 Å². The lowest BCUT2D eigenvalue weighted by atomic mass is 9.98. The number of ether oxygens (including phenoxy) is 1. The summed E-state index contributed by atoms with van der Waals surface area (Å²) in [5, 5.41) is 3.44. The molecule has 0 bridgehead atoms. The first kappa shape index (κ1) is 13.0. The fourth-order valence-corrected chi connectivity index (χ4v) is 3.20. The third-order valence-corrected chi connectivity index (χ3v) is 4.22. The second-order valence-electron chi connectivity index (χ2n) is 5.62. The second-order valence-corrected chi connectivity index (χ2v) is 5.62. The molecular formula is C15H19F2NO. The average Bonchev–Trinajstić information content (AvgIpc) is 3.04. The van der Waals surface area contributed by atoms with Crippen molar-refractivity contribution in [3.63, 3.8) is 0 Å². The van der Waals surface area contributed by atoms with Crippen molar-refractivity contribution in [2.75, 3.05) is 13.2 Å². The van der Waals surface area contributed by atoms with E-state index in [0.717, 1.165) is 38.9 Å². The van der Waals surface area contributed by atoms with Gasteiger partial charge in [0.25, 0.3) is 0 Å². The fourth-order valence-electron chi connectivity index (χ4n) is 3.20. The zero-order valence-corrected chi connectivity index (χ0v) is 10.9. The molecule has 2 saturated heterocycles. The van der Waals surface area contributed by atoms with Crippen molar-refractivity contribution in [3.8, 4) is 0 Å². The lowest BCUT2D eigenvalue weighted by molar-refractivity contribution is 0.182. The molecular weight excluding hydrogens is 248 g/mol. The van der Waals surface area contributed by atoms with Crippen LogP contribution in [0.2, 0.25) is 0 Å². The maximum absolute atomic E-state index is 13.7. The number of rotatable bonds is 3. The standard InChI is InChI=1S/C15H19F2NO/c16-11-1-3-14(17)13(8-11)15-4-2-12(18-15)7-10-5-6-19-9-10/h1,3,8,10,12,15,18H,2,4-7,9H2/t10?,12?,15-/m1/s1. The van der Waals surface area contributed by atoms with Crippen LogP contribution in [-0.2, 0) is 4.74 Å². The van der Waals surface area contributed by atoms with Crippen molar-refractivity contribution in [1.29, 1.82) is 0 Å². The summed E-state index contributed by atoms with van der Waals surface area (Å²) < 4.78 is 32.3. The molecule has 1 N–H and O–H groups in total. The van der Waals surface area contributed by atoms with Crippen molar-refractivity contribution >= 4 is 0 Å². The molecule has 3 rings (SSSR count). The molecule has 0 amide bonds. The van der Waals surface area contributed by atoms with Crippen LogP contribution in [0, 0.1) is 17.6 Å². The highest BCUT2D eigenvalue weighted by Crippen LogP contribution is 2.32. The van der Waals surface area contributed by atoms with E-state index in [-0.39, 0.29) is 17.7 Å². The highest BCUT2D eigenvalue weighted by atomic mass is 19.1. The molecule has 0 radical (unpaired) electrons. The molecule has 3 atom stereocenters. The third kappa shape index (κ3) is 2.95. The molecule has 19 heavy (non-hydrogen) atoms.